The average molecular weight is 486 g/mol. The number of carbonyl (C=O) groups excluding carboxylic acids is 1. The molecule has 31 heavy (non-hydrogen) atoms. The van der Waals surface area contributed by atoms with Crippen LogP contribution in [0.4, 0.5) is 11.4 Å². The fourth-order valence-corrected chi connectivity index (χ4v) is 6.25. The Balaban J connectivity index is 1.77. The van der Waals surface area contributed by atoms with Gasteiger partial charge in [0.05, 0.1) is 16.8 Å². The van der Waals surface area contributed by atoms with Crippen molar-refractivity contribution in [2.24, 2.45) is 0 Å². The standard InChI is InChI=1S/C20H24ClN3O5S2/c1-15(24(30(2,26)27)18-9-5-16(21)6-10-18)20(25)22-17-7-11-19(12-8-17)31(28,29)23-13-3-4-14-23/h5-12,15H,3-4,13-14H2,1-2H3,(H,22,25)/t15-/m1/s1. The third-order valence-corrected chi connectivity index (χ3v) is 8.40. The highest BCUT2D eigenvalue weighted by Crippen LogP contribution is 2.25. The number of hydrogen-bond acceptors (Lipinski definition) is 5. The van der Waals surface area contributed by atoms with Crippen LogP contribution >= 0.6 is 11.6 Å². The third kappa shape index (κ3) is 5.38. The molecule has 3 rings (SSSR count). The molecule has 0 aromatic heterocycles. The van der Waals surface area contributed by atoms with Gasteiger partial charge in [0.2, 0.25) is 26.0 Å². The van der Waals surface area contributed by atoms with E-state index in [9.17, 15) is 21.6 Å². The summed E-state index contributed by atoms with van der Waals surface area (Å²) in [5, 5.41) is 3.09. The summed E-state index contributed by atoms with van der Waals surface area (Å²) < 4.78 is 52.3. The van der Waals surface area contributed by atoms with Crippen molar-refractivity contribution in [3.8, 4) is 0 Å². The molecule has 1 amide bonds. The summed E-state index contributed by atoms with van der Waals surface area (Å²) in [7, 11) is -7.31. The van der Waals surface area contributed by atoms with E-state index in [1.807, 2.05) is 0 Å². The number of rotatable bonds is 7. The van der Waals surface area contributed by atoms with E-state index >= 15 is 0 Å². The summed E-state index contributed by atoms with van der Waals surface area (Å²) in [5.41, 5.74) is 0.670. The lowest BCUT2D eigenvalue weighted by molar-refractivity contribution is -0.116. The van der Waals surface area contributed by atoms with Crippen LogP contribution in [-0.4, -0.2) is 52.4 Å². The van der Waals surface area contributed by atoms with E-state index in [1.54, 1.807) is 12.1 Å². The minimum absolute atomic E-state index is 0.152. The van der Waals surface area contributed by atoms with Gasteiger partial charge in [-0.25, -0.2) is 16.8 Å². The minimum atomic E-state index is -3.76. The van der Waals surface area contributed by atoms with Crippen molar-refractivity contribution in [2.75, 3.05) is 29.0 Å². The van der Waals surface area contributed by atoms with Gasteiger partial charge in [-0.05, 0) is 68.3 Å². The van der Waals surface area contributed by atoms with Crippen LogP contribution in [0, 0.1) is 0 Å². The highest BCUT2D eigenvalue weighted by atomic mass is 35.5. The Morgan fingerprint density at radius 3 is 2.06 bits per heavy atom. The van der Waals surface area contributed by atoms with Crippen LogP contribution in [0.25, 0.3) is 0 Å². The Kier molecular flexibility index (Phi) is 6.95. The topological polar surface area (TPSA) is 104 Å². The van der Waals surface area contributed by atoms with Gasteiger partial charge < -0.3 is 5.32 Å². The first kappa shape index (κ1) is 23.5. The maximum Gasteiger partial charge on any atom is 0.247 e. The molecule has 2 aromatic rings. The van der Waals surface area contributed by atoms with E-state index in [4.69, 9.17) is 11.6 Å². The summed E-state index contributed by atoms with van der Waals surface area (Å²) >= 11 is 5.87. The largest absolute Gasteiger partial charge is 0.324 e. The maximum absolute atomic E-state index is 12.8. The second-order valence-electron chi connectivity index (χ2n) is 7.34. The lowest BCUT2D eigenvalue weighted by atomic mass is 10.2. The molecule has 2 aromatic carbocycles. The monoisotopic (exact) mass is 485 g/mol. The van der Waals surface area contributed by atoms with Crippen LogP contribution in [0.5, 0.6) is 0 Å². The molecule has 1 aliphatic rings. The fourth-order valence-electron chi connectivity index (χ4n) is 3.43. The predicted molar refractivity (Wildman–Crippen MR) is 121 cm³/mol. The van der Waals surface area contributed by atoms with E-state index < -0.39 is 32.0 Å². The molecular formula is C20H24ClN3O5S2. The van der Waals surface area contributed by atoms with Crippen molar-refractivity contribution in [2.45, 2.75) is 30.7 Å². The molecule has 0 radical (unpaired) electrons. The van der Waals surface area contributed by atoms with Crippen LogP contribution < -0.4 is 9.62 Å². The van der Waals surface area contributed by atoms with Gasteiger partial charge in [0.25, 0.3) is 0 Å². The van der Waals surface area contributed by atoms with E-state index in [0.717, 1.165) is 23.4 Å². The molecule has 0 unspecified atom stereocenters. The van der Waals surface area contributed by atoms with Crippen LogP contribution in [0.1, 0.15) is 19.8 Å². The van der Waals surface area contributed by atoms with Crippen LogP contribution in [0.15, 0.2) is 53.4 Å². The second kappa shape index (κ2) is 9.15. The van der Waals surface area contributed by atoms with Crippen LogP contribution in [0.2, 0.25) is 5.02 Å². The third-order valence-electron chi connectivity index (χ3n) is 4.99. The van der Waals surface area contributed by atoms with Gasteiger partial charge >= 0.3 is 0 Å². The van der Waals surface area contributed by atoms with Gasteiger partial charge in [-0.15, -0.1) is 0 Å². The Morgan fingerprint density at radius 1 is 1.00 bits per heavy atom. The Morgan fingerprint density at radius 2 is 1.55 bits per heavy atom. The molecule has 0 bridgehead atoms. The highest BCUT2D eigenvalue weighted by Gasteiger charge is 2.30. The molecule has 1 fully saturated rings. The molecule has 0 spiro atoms. The zero-order chi connectivity index (χ0) is 22.8. The van der Waals surface area contributed by atoms with Crippen molar-refractivity contribution in [1.82, 2.24) is 4.31 Å². The number of halogens is 1. The normalized spacial score (nSPS) is 16.1. The minimum Gasteiger partial charge on any atom is -0.324 e. The summed E-state index contributed by atoms with van der Waals surface area (Å²) in [6.07, 6.45) is 2.70. The molecule has 1 saturated heterocycles. The highest BCUT2D eigenvalue weighted by molar-refractivity contribution is 7.92. The number of carbonyl (C=O) groups is 1. The maximum atomic E-state index is 12.8. The number of nitrogens with one attached hydrogen (secondary N) is 1. The van der Waals surface area contributed by atoms with E-state index in [-0.39, 0.29) is 4.90 Å². The SMILES string of the molecule is C[C@H](C(=O)Nc1ccc(S(=O)(=O)N2CCCC2)cc1)N(c1ccc(Cl)cc1)S(C)(=O)=O. The molecule has 1 N–H and O–H groups in total. The quantitative estimate of drug-likeness (QED) is 0.649. The number of amides is 1. The average Bonchev–Trinajstić information content (AvgIpc) is 3.25. The lowest BCUT2D eigenvalue weighted by Gasteiger charge is -2.28. The van der Waals surface area contributed by atoms with Crippen LogP contribution in [-0.2, 0) is 24.8 Å². The number of benzene rings is 2. The van der Waals surface area contributed by atoms with Gasteiger partial charge in [0.1, 0.15) is 6.04 Å². The lowest BCUT2D eigenvalue weighted by Crippen LogP contribution is -2.45. The molecule has 0 saturated carbocycles. The second-order valence-corrected chi connectivity index (χ2v) is 11.6. The van der Waals surface area contributed by atoms with Crippen LogP contribution in [0.3, 0.4) is 0 Å². The number of nitrogens with zero attached hydrogens (tertiary/aromatic N) is 2. The van der Waals surface area contributed by atoms with Gasteiger partial charge in [0, 0.05) is 23.8 Å². The van der Waals surface area contributed by atoms with Gasteiger partial charge in [-0.2, -0.15) is 4.31 Å². The Hall–Kier alpha value is -2.14. The zero-order valence-corrected chi connectivity index (χ0v) is 19.5. The zero-order valence-electron chi connectivity index (χ0n) is 17.2. The Bertz CT molecular complexity index is 1140. The Labute approximate surface area is 187 Å². The molecule has 8 nitrogen and oxygen atoms in total. The number of hydrogen-bond donors (Lipinski definition) is 1. The fraction of sp³-hybridized carbons (Fsp3) is 0.350. The van der Waals surface area contributed by atoms with Crippen molar-refractivity contribution in [1.29, 1.82) is 0 Å². The van der Waals surface area contributed by atoms with E-state index in [2.05, 4.69) is 5.32 Å². The summed E-state index contributed by atoms with van der Waals surface area (Å²) in [6, 6.07) is 10.9. The van der Waals surface area contributed by atoms with Gasteiger partial charge in [-0.3, -0.25) is 9.10 Å². The molecule has 11 heteroatoms. The predicted octanol–water partition coefficient (Wildman–Crippen LogP) is 2.92. The summed E-state index contributed by atoms with van der Waals surface area (Å²) in [6.45, 7) is 2.48. The molecule has 1 atom stereocenters. The summed E-state index contributed by atoms with van der Waals surface area (Å²) in [5.74, 6) is -0.560. The van der Waals surface area contributed by atoms with E-state index in [1.165, 1.54) is 47.6 Å². The van der Waals surface area contributed by atoms with E-state index in [0.29, 0.717) is 29.5 Å². The smallest absolute Gasteiger partial charge is 0.247 e. The molecular weight excluding hydrogens is 462 g/mol. The van der Waals surface area contributed by atoms with Crippen molar-refractivity contribution >= 4 is 48.9 Å². The first-order valence-corrected chi connectivity index (χ1v) is 13.3. The number of anilines is 2. The molecule has 1 aliphatic heterocycles. The van der Waals surface area contributed by atoms with Crippen molar-refractivity contribution in [3.05, 3.63) is 53.6 Å². The molecule has 168 valence electrons. The summed E-state index contributed by atoms with van der Waals surface area (Å²) in [4.78, 5) is 12.9. The first-order chi connectivity index (χ1) is 14.5. The van der Waals surface area contributed by atoms with Crippen molar-refractivity contribution in [3.63, 3.8) is 0 Å². The van der Waals surface area contributed by atoms with Gasteiger partial charge in [0.15, 0.2) is 0 Å². The first-order valence-electron chi connectivity index (χ1n) is 9.66. The number of sulfonamides is 2. The van der Waals surface area contributed by atoms with Crippen molar-refractivity contribution < 1.29 is 21.6 Å². The van der Waals surface area contributed by atoms with Gasteiger partial charge in [-0.1, -0.05) is 11.6 Å². The molecule has 0 aliphatic carbocycles. The molecule has 1 heterocycles.